The standard InChI is InChI=1S/C15H17F3N2O5/c1-9-3-4-11(10(2)5-9)24-7-13(22)25-6-12(21)20-14(23)19-8-15(16,17)18/h3-5H,6-8H2,1-2H3,(H2,19,20,21,23). The zero-order chi connectivity index (χ0) is 19.0. The molecular weight excluding hydrogens is 345 g/mol. The topological polar surface area (TPSA) is 93.7 Å². The van der Waals surface area contributed by atoms with Gasteiger partial charge >= 0.3 is 18.2 Å². The van der Waals surface area contributed by atoms with E-state index in [2.05, 4.69) is 4.74 Å². The van der Waals surface area contributed by atoms with Crippen LogP contribution >= 0.6 is 0 Å². The molecule has 0 aliphatic rings. The first kappa shape index (κ1) is 20.3. The number of hydrogen-bond acceptors (Lipinski definition) is 5. The van der Waals surface area contributed by atoms with Crippen LogP contribution in [0.5, 0.6) is 5.75 Å². The van der Waals surface area contributed by atoms with E-state index in [1.165, 1.54) is 5.32 Å². The number of ether oxygens (including phenoxy) is 2. The molecule has 1 rings (SSSR count). The van der Waals surface area contributed by atoms with Crippen LogP contribution in [0.4, 0.5) is 18.0 Å². The summed E-state index contributed by atoms with van der Waals surface area (Å²) in [6.07, 6.45) is -4.60. The Bertz CT molecular complexity index is 647. The number of amides is 3. The van der Waals surface area contributed by atoms with Crippen molar-refractivity contribution in [3.05, 3.63) is 29.3 Å². The molecule has 138 valence electrons. The van der Waals surface area contributed by atoms with E-state index >= 15 is 0 Å². The fourth-order valence-electron chi connectivity index (χ4n) is 1.67. The molecule has 0 spiro atoms. The summed E-state index contributed by atoms with van der Waals surface area (Å²) >= 11 is 0. The Morgan fingerprint density at radius 3 is 2.40 bits per heavy atom. The summed E-state index contributed by atoms with van der Waals surface area (Å²) in [4.78, 5) is 33.8. The highest BCUT2D eigenvalue weighted by Gasteiger charge is 2.28. The second-order valence-electron chi connectivity index (χ2n) is 5.06. The van der Waals surface area contributed by atoms with Crippen molar-refractivity contribution in [3.63, 3.8) is 0 Å². The molecule has 0 unspecified atom stereocenters. The molecule has 1 aromatic carbocycles. The largest absolute Gasteiger partial charge is 0.482 e. The minimum atomic E-state index is -4.60. The third-order valence-electron chi connectivity index (χ3n) is 2.74. The van der Waals surface area contributed by atoms with Gasteiger partial charge in [-0.3, -0.25) is 10.1 Å². The fraction of sp³-hybridized carbons (Fsp3) is 0.400. The minimum Gasteiger partial charge on any atom is -0.482 e. The van der Waals surface area contributed by atoms with Crippen LogP contribution in [0.15, 0.2) is 18.2 Å². The van der Waals surface area contributed by atoms with E-state index in [1.54, 1.807) is 24.4 Å². The van der Waals surface area contributed by atoms with E-state index in [0.717, 1.165) is 11.1 Å². The lowest BCUT2D eigenvalue weighted by molar-refractivity contribution is -0.150. The lowest BCUT2D eigenvalue weighted by atomic mass is 10.1. The quantitative estimate of drug-likeness (QED) is 0.750. The van der Waals surface area contributed by atoms with Gasteiger partial charge in [-0.25, -0.2) is 9.59 Å². The van der Waals surface area contributed by atoms with E-state index in [4.69, 9.17) is 4.74 Å². The molecule has 7 nitrogen and oxygen atoms in total. The zero-order valence-electron chi connectivity index (χ0n) is 13.5. The Morgan fingerprint density at radius 2 is 1.80 bits per heavy atom. The third kappa shape index (κ3) is 8.58. The molecule has 0 atom stereocenters. The summed E-state index contributed by atoms with van der Waals surface area (Å²) in [6, 6.07) is 3.98. The fourth-order valence-corrected chi connectivity index (χ4v) is 1.67. The Labute approximate surface area is 141 Å². The SMILES string of the molecule is Cc1ccc(OCC(=O)OCC(=O)NC(=O)NCC(F)(F)F)c(C)c1. The highest BCUT2D eigenvalue weighted by molar-refractivity contribution is 5.95. The minimum absolute atomic E-state index is 0.461. The van der Waals surface area contributed by atoms with E-state index in [-0.39, 0.29) is 0 Å². The van der Waals surface area contributed by atoms with Crippen molar-refractivity contribution in [1.29, 1.82) is 0 Å². The molecule has 0 saturated carbocycles. The van der Waals surface area contributed by atoms with Crippen molar-refractivity contribution in [3.8, 4) is 5.75 Å². The van der Waals surface area contributed by atoms with Gasteiger partial charge in [0.15, 0.2) is 13.2 Å². The highest BCUT2D eigenvalue weighted by Crippen LogP contribution is 2.18. The zero-order valence-corrected chi connectivity index (χ0v) is 13.5. The van der Waals surface area contributed by atoms with Gasteiger partial charge in [0.2, 0.25) is 0 Å². The summed E-state index contributed by atoms with van der Waals surface area (Å²) in [7, 11) is 0. The van der Waals surface area contributed by atoms with Gasteiger partial charge in [0.25, 0.3) is 5.91 Å². The summed E-state index contributed by atoms with van der Waals surface area (Å²) in [5.41, 5.74) is 1.83. The van der Waals surface area contributed by atoms with Crippen molar-refractivity contribution in [2.75, 3.05) is 19.8 Å². The molecule has 0 aliphatic carbocycles. The molecule has 1 aromatic rings. The predicted octanol–water partition coefficient (Wildman–Crippen LogP) is 1.61. The number of alkyl halides is 3. The molecule has 0 radical (unpaired) electrons. The maximum absolute atomic E-state index is 11.9. The van der Waals surface area contributed by atoms with Gasteiger partial charge in [-0.2, -0.15) is 13.2 Å². The molecule has 0 heterocycles. The number of nitrogens with one attached hydrogen (secondary N) is 2. The first-order valence-electron chi connectivity index (χ1n) is 7.07. The number of rotatable bonds is 6. The number of benzene rings is 1. The van der Waals surface area contributed by atoms with Gasteiger partial charge in [0.05, 0.1) is 0 Å². The Hall–Kier alpha value is -2.78. The number of hydrogen-bond donors (Lipinski definition) is 2. The van der Waals surface area contributed by atoms with Crippen molar-refractivity contribution >= 4 is 17.9 Å². The van der Waals surface area contributed by atoms with Gasteiger partial charge < -0.3 is 14.8 Å². The number of imide groups is 1. The van der Waals surface area contributed by atoms with Gasteiger partial charge in [0, 0.05) is 0 Å². The lowest BCUT2D eigenvalue weighted by Gasteiger charge is -2.10. The van der Waals surface area contributed by atoms with Crippen LogP contribution < -0.4 is 15.4 Å². The van der Waals surface area contributed by atoms with E-state index in [1.807, 2.05) is 13.0 Å². The van der Waals surface area contributed by atoms with Crippen LogP contribution in [-0.4, -0.2) is 43.8 Å². The predicted molar refractivity (Wildman–Crippen MR) is 80.0 cm³/mol. The molecule has 3 amide bonds. The second kappa shape index (κ2) is 8.90. The Balaban J connectivity index is 2.29. The molecule has 0 aromatic heterocycles. The van der Waals surface area contributed by atoms with Gasteiger partial charge in [0.1, 0.15) is 12.3 Å². The summed E-state index contributed by atoms with van der Waals surface area (Å²) in [5, 5.41) is 3.03. The number of aryl methyl sites for hydroxylation is 2. The molecule has 10 heteroatoms. The van der Waals surface area contributed by atoms with Crippen LogP contribution in [0, 0.1) is 13.8 Å². The normalized spacial score (nSPS) is 10.8. The molecule has 0 fully saturated rings. The number of urea groups is 1. The van der Waals surface area contributed by atoms with Crippen molar-refractivity contribution < 1.29 is 37.0 Å². The smallest absolute Gasteiger partial charge is 0.405 e. The average molecular weight is 362 g/mol. The van der Waals surface area contributed by atoms with Crippen molar-refractivity contribution in [1.82, 2.24) is 10.6 Å². The summed E-state index contributed by atoms with van der Waals surface area (Å²) in [5.74, 6) is -1.47. The van der Waals surface area contributed by atoms with Crippen LogP contribution in [0.1, 0.15) is 11.1 Å². The third-order valence-corrected chi connectivity index (χ3v) is 2.74. The molecule has 2 N–H and O–H groups in total. The molecule has 0 aliphatic heterocycles. The number of carbonyl (C=O) groups excluding carboxylic acids is 3. The highest BCUT2D eigenvalue weighted by atomic mass is 19.4. The van der Waals surface area contributed by atoms with E-state index < -0.39 is 43.8 Å². The van der Waals surface area contributed by atoms with Gasteiger partial charge in [-0.05, 0) is 25.5 Å². The molecule has 25 heavy (non-hydrogen) atoms. The monoisotopic (exact) mass is 362 g/mol. The van der Waals surface area contributed by atoms with Gasteiger partial charge in [-0.15, -0.1) is 0 Å². The summed E-state index contributed by atoms with van der Waals surface area (Å²) in [6.45, 7) is 0.816. The van der Waals surface area contributed by atoms with Crippen LogP contribution in [0.2, 0.25) is 0 Å². The first-order chi connectivity index (χ1) is 11.6. The van der Waals surface area contributed by atoms with Crippen molar-refractivity contribution in [2.24, 2.45) is 0 Å². The lowest BCUT2D eigenvalue weighted by Crippen LogP contribution is -2.44. The number of carbonyl (C=O) groups is 3. The Kier molecular flexibility index (Phi) is 7.22. The van der Waals surface area contributed by atoms with Crippen molar-refractivity contribution in [2.45, 2.75) is 20.0 Å². The molecule has 0 bridgehead atoms. The van der Waals surface area contributed by atoms with E-state index in [9.17, 15) is 27.6 Å². The van der Waals surface area contributed by atoms with Crippen LogP contribution in [0.3, 0.4) is 0 Å². The van der Waals surface area contributed by atoms with E-state index in [0.29, 0.717) is 5.75 Å². The Morgan fingerprint density at radius 1 is 1.12 bits per heavy atom. The molecular formula is C15H17F3N2O5. The van der Waals surface area contributed by atoms with Gasteiger partial charge in [-0.1, -0.05) is 17.7 Å². The summed E-state index contributed by atoms with van der Waals surface area (Å²) < 4.78 is 45.4. The number of halogens is 3. The average Bonchev–Trinajstić information content (AvgIpc) is 2.49. The van der Waals surface area contributed by atoms with Crippen LogP contribution in [-0.2, 0) is 14.3 Å². The number of esters is 1. The first-order valence-corrected chi connectivity index (χ1v) is 7.07. The maximum atomic E-state index is 11.9. The second-order valence-corrected chi connectivity index (χ2v) is 5.06. The van der Waals surface area contributed by atoms with Crippen LogP contribution in [0.25, 0.3) is 0 Å². The molecule has 0 saturated heterocycles. The maximum Gasteiger partial charge on any atom is 0.405 e.